The Morgan fingerprint density at radius 1 is 0.971 bits per heavy atom. The standard InChI is InChI=1S/C26H22ClN3O4/c1-33-19-9-11-22-20(14-19)17(15-28-22)12-23(30-25(31)16-6-4-3-5-7-16)26(32)29-18-8-10-21(27)24(13-18)34-2/h3-15,28H,1-2H3,(H,29,32)(H,30,31)/b23-12-. The summed E-state index contributed by atoms with van der Waals surface area (Å²) in [5, 5.41) is 6.78. The van der Waals surface area contributed by atoms with Crippen LogP contribution < -0.4 is 20.1 Å². The van der Waals surface area contributed by atoms with Crippen molar-refractivity contribution in [1.29, 1.82) is 0 Å². The average Bonchev–Trinajstić information content (AvgIpc) is 3.26. The minimum Gasteiger partial charge on any atom is -0.497 e. The van der Waals surface area contributed by atoms with Gasteiger partial charge in [0.2, 0.25) is 0 Å². The van der Waals surface area contributed by atoms with Gasteiger partial charge < -0.3 is 25.1 Å². The first-order chi connectivity index (χ1) is 16.5. The molecule has 0 unspecified atom stereocenters. The van der Waals surface area contributed by atoms with Crippen molar-refractivity contribution in [1.82, 2.24) is 10.3 Å². The van der Waals surface area contributed by atoms with Crippen molar-refractivity contribution in [3.05, 3.63) is 94.8 Å². The molecule has 34 heavy (non-hydrogen) atoms. The molecule has 0 fully saturated rings. The van der Waals surface area contributed by atoms with Gasteiger partial charge in [0.15, 0.2) is 0 Å². The Hall–Kier alpha value is -4.23. The third-order valence-corrected chi connectivity index (χ3v) is 5.47. The number of amides is 2. The lowest BCUT2D eigenvalue weighted by molar-refractivity contribution is -0.113. The molecule has 0 radical (unpaired) electrons. The SMILES string of the molecule is COc1ccc2[nH]cc(/C=C(\NC(=O)c3ccccc3)C(=O)Nc3ccc(Cl)c(OC)c3)c2c1. The van der Waals surface area contributed by atoms with Crippen LogP contribution in [0.25, 0.3) is 17.0 Å². The largest absolute Gasteiger partial charge is 0.497 e. The molecule has 0 aliphatic rings. The first-order valence-corrected chi connectivity index (χ1v) is 10.7. The van der Waals surface area contributed by atoms with Gasteiger partial charge in [0.05, 0.1) is 19.2 Å². The van der Waals surface area contributed by atoms with Crippen LogP contribution in [0.5, 0.6) is 11.5 Å². The highest BCUT2D eigenvalue weighted by Crippen LogP contribution is 2.28. The number of anilines is 1. The number of carbonyl (C=O) groups excluding carboxylic acids is 2. The van der Waals surface area contributed by atoms with Gasteiger partial charge in [-0.3, -0.25) is 9.59 Å². The topological polar surface area (TPSA) is 92.5 Å². The summed E-state index contributed by atoms with van der Waals surface area (Å²) in [5.41, 5.74) is 2.53. The first-order valence-electron chi connectivity index (χ1n) is 10.4. The van der Waals surface area contributed by atoms with E-state index in [0.717, 1.165) is 10.9 Å². The molecule has 0 saturated heterocycles. The fraction of sp³-hybridized carbons (Fsp3) is 0.0769. The van der Waals surface area contributed by atoms with Gasteiger partial charge in [-0.25, -0.2) is 0 Å². The minimum atomic E-state index is -0.508. The van der Waals surface area contributed by atoms with Crippen molar-refractivity contribution in [2.45, 2.75) is 0 Å². The number of aromatic nitrogens is 1. The zero-order chi connectivity index (χ0) is 24.1. The predicted molar refractivity (Wildman–Crippen MR) is 133 cm³/mol. The molecule has 0 aliphatic carbocycles. The molecule has 3 aromatic carbocycles. The summed E-state index contributed by atoms with van der Waals surface area (Å²) in [6, 6.07) is 19.1. The van der Waals surface area contributed by atoms with Crippen LogP contribution in [0.2, 0.25) is 5.02 Å². The first kappa shape index (κ1) is 22.9. The number of H-pyrrole nitrogens is 1. The van der Waals surface area contributed by atoms with Crippen LogP contribution in [0.15, 0.2) is 78.6 Å². The van der Waals surface area contributed by atoms with E-state index in [1.165, 1.54) is 7.11 Å². The Bertz CT molecular complexity index is 1380. The normalized spacial score (nSPS) is 11.2. The second kappa shape index (κ2) is 10.1. The maximum absolute atomic E-state index is 13.2. The Balaban J connectivity index is 1.71. The molecule has 4 rings (SSSR count). The molecule has 8 heteroatoms. The number of aromatic amines is 1. The van der Waals surface area contributed by atoms with Gasteiger partial charge in [-0.05, 0) is 48.5 Å². The Labute approximate surface area is 201 Å². The lowest BCUT2D eigenvalue weighted by Crippen LogP contribution is -2.30. The van der Waals surface area contributed by atoms with Gasteiger partial charge in [-0.2, -0.15) is 0 Å². The molecule has 2 amide bonds. The number of halogens is 1. The van der Waals surface area contributed by atoms with Gasteiger partial charge in [-0.15, -0.1) is 0 Å². The van der Waals surface area contributed by atoms with Crippen LogP contribution in [0.4, 0.5) is 5.69 Å². The van der Waals surface area contributed by atoms with Gasteiger partial charge in [-0.1, -0.05) is 29.8 Å². The Morgan fingerprint density at radius 2 is 1.76 bits per heavy atom. The van der Waals surface area contributed by atoms with Gasteiger partial charge in [0.1, 0.15) is 17.2 Å². The molecule has 1 heterocycles. The Kier molecular flexibility index (Phi) is 6.85. The monoisotopic (exact) mass is 475 g/mol. The van der Waals surface area contributed by atoms with Crippen molar-refractivity contribution in [3.8, 4) is 11.5 Å². The minimum absolute atomic E-state index is 0.0616. The molecule has 172 valence electrons. The van der Waals surface area contributed by atoms with Crippen molar-refractivity contribution >= 4 is 46.1 Å². The molecule has 3 N–H and O–H groups in total. The molecular weight excluding hydrogens is 454 g/mol. The van der Waals surface area contributed by atoms with Crippen LogP contribution in [-0.2, 0) is 4.79 Å². The maximum Gasteiger partial charge on any atom is 0.272 e. The summed E-state index contributed by atoms with van der Waals surface area (Å²) in [4.78, 5) is 29.3. The number of nitrogens with one attached hydrogen (secondary N) is 3. The second-order valence-electron chi connectivity index (χ2n) is 7.34. The van der Waals surface area contributed by atoms with Crippen LogP contribution in [-0.4, -0.2) is 31.0 Å². The van der Waals surface area contributed by atoms with E-state index in [9.17, 15) is 9.59 Å². The average molecular weight is 476 g/mol. The highest BCUT2D eigenvalue weighted by molar-refractivity contribution is 6.32. The summed E-state index contributed by atoms with van der Waals surface area (Å²) in [6.07, 6.45) is 3.37. The third kappa shape index (κ3) is 5.05. The molecule has 0 aliphatic heterocycles. The molecule has 1 aromatic heterocycles. The molecule has 7 nitrogen and oxygen atoms in total. The molecule has 0 bridgehead atoms. The smallest absolute Gasteiger partial charge is 0.272 e. The van der Waals surface area contributed by atoms with Gasteiger partial charge in [0.25, 0.3) is 11.8 Å². The van der Waals surface area contributed by atoms with E-state index in [-0.39, 0.29) is 5.70 Å². The lowest BCUT2D eigenvalue weighted by atomic mass is 10.1. The van der Waals surface area contributed by atoms with Crippen molar-refractivity contribution in [2.24, 2.45) is 0 Å². The van der Waals surface area contributed by atoms with E-state index in [1.807, 2.05) is 24.3 Å². The summed E-state index contributed by atoms with van der Waals surface area (Å²) in [7, 11) is 3.08. The molecular formula is C26H22ClN3O4. The van der Waals surface area contributed by atoms with Crippen molar-refractivity contribution in [2.75, 3.05) is 19.5 Å². The summed E-state index contributed by atoms with van der Waals surface area (Å²) in [5.74, 6) is 0.176. The number of methoxy groups -OCH3 is 2. The summed E-state index contributed by atoms with van der Waals surface area (Å²) in [6.45, 7) is 0. The zero-order valence-electron chi connectivity index (χ0n) is 18.5. The highest BCUT2D eigenvalue weighted by atomic mass is 35.5. The maximum atomic E-state index is 13.2. The van der Waals surface area contributed by atoms with Crippen LogP contribution >= 0.6 is 11.6 Å². The van der Waals surface area contributed by atoms with Crippen LogP contribution in [0, 0.1) is 0 Å². The quantitative estimate of drug-likeness (QED) is 0.318. The summed E-state index contributed by atoms with van der Waals surface area (Å²) >= 11 is 6.09. The lowest BCUT2D eigenvalue weighted by Gasteiger charge is -2.12. The summed E-state index contributed by atoms with van der Waals surface area (Å²) < 4.78 is 10.5. The van der Waals surface area contributed by atoms with E-state index in [2.05, 4.69) is 15.6 Å². The van der Waals surface area contributed by atoms with Crippen molar-refractivity contribution < 1.29 is 19.1 Å². The number of benzene rings is 3. The Morgan fingerprint density at radius 3 is 2.50 bits per heavy atom. The number of hydrogen-bond acceptors (Lipinski definition) is 4. The van der Waals surface area contributed by atoms with E-state index < -0.39 is 11.8 Å². The molecule has 4 aromatic rings. The number of ether oxygens (including phenoxy) is 2. The number of rotatable bonds is 7. The third-order valence-electron chi connectivity index (χ3n) is 5.16. The van der Waals surface area contributed by atoms with Crippen molar-refractivity contribution in [3.63, 3.8) is 0 Å². The van der Waals surface area contributed by atoms with Crippen LogP contribution in [0.1, 0.15) is 15.9 Å². The van der Waals surface area contributed by atoms with E-state index >= 15 is 0 Å². The van der Waals surface area contributed by atoms with Gasteiger partial charge in [0, 0.05) is 40.0 Å². The fourth-order valence-corrected chi connectivity index (χ4v) is 3.60. The number of fused-ring (bicyclic) bond motifs is 1. The highest BCUT2D eigenvalue weighted by Gasteiger charge is 2.17. The van der Waals surface area contributed by atoms with Gasteiger partial charge >= 0.3 is 0 Å². The second-order valence-corrected chi connectivity index (χ2v) is 7.74. The fourth-order valence-electron chi connectivity index (χ4n) is 3.40. The molecule has 0 saturated carbocycles. The van der Waals surface area contributed by atoms with E-state index in [1.54, 1.807) is 61.8 Å². The van der Waals surface area contributed by atoms with Crippen LogP contribution in [0.3, 0.4) is 0 Å². The predicted octanol–water partition coefficient (Wildman–Crippen LogP) is 5.25. The number of hydrogen-bond donors (Lipinski definition) is 3. The molecule has 0 atom stereocenters. The molecule has 0 spiro atoms. The van der Waals surface area contributed by atoms with E-state index in [0.29, 0.717) is 33.3 Å². The zero-order valence-corrected chi connectivity index (χ0v) is 19.3. The van der Waals surface area contributed by atoms with E-state index in [4.69, 9.17) is 21.1 Å². The number of carbonyl (C=O) groups is 2.